The Balaban J connectivity index is 2.58. The van der Waals surface area contributed by atoms with Gasteiger partial charge in [0.1, 0.15) is 6.04 Å². The summed E-state index contributed by atoms with van der Waals surface area (Å²) in [6, 6.07) is -2.09. The van der Waals surface area contributed by atoms with Crippen LogP contribution in [0.3, 0.4) is 0 Å². The molecule has 8 nitrogen and oxygen atoms in total. The van der Waals surface area contributed by atoms with Gasteiger partial charge in [0.2, 0.25) is 18.2 Å². The van der Waals surface area contributed by atoms with Crippen LogP contribution in [0.1, 0.15) is 25.7 Å². The van der Waals surface area contributed by atoms with Crippen LogP contribution in [0.5, 0.6) is 0 Å². The first kappa shape index (κ1) is 19.1. The molecule has 3 amide bonds. The van der Waals surface area contributed by atoms with Gasteiger partial charge in [0.25, 0.3) is 0 Å². The van der Waals surface area contributed by atoms with Crippen LogP contribution < -0.4 is 16.0 Å². The molecule has 132 valence electrons. The second kappa shape index (κ2) is 9.23. The minimum Gasteiger partial charge on any atom is -0.465 e. The van der Waals surface area contributed by atoms with E-state index in [1.54, 1.807) is 0 Å². The molecule has 1 rings (SSSR count). The molecule has 0 unspecified atom stereocenters. The van der Waals surface area contributed by atoms with E-state index in [2.05, 4.69) is 10.6 Å². The molecule has 0 aromatic carbocycles. The predicted octanol–water partition coefficient (Wildman–Crippen LogP) is -0.329. The quantitative estimate of drug-likeness (QED) is 0.394. The maximum absolute atomic E-state index is 12.2. The topological polar surface area (TPSA) is 128 Å². The minimum absolute atomic E-state index is 0.171. The van der Waals surface area contributed by atoms with Gasteiger partial charge >= 0.3 is 6.09 Å². The monoisotopic (exact) mass is 337 g/mol. The lowest BCUT2D eigenvalue weighted by atomic mass is 9.98. The summed E-state index contributed by atoms with van der Waals surface area (Å²) in [6.45, 7) is 0.0807. The summed E-state index contributed by atoms with van der Waals surface area (Å²) in [6.07, 6.45) is -4.38. The Morgan fingerprint density at radius 1 is 1.30 bits per heavy atom. The van der Waals surface area contributed by atoms with Crippen molar-refractivity contribution < 1.29 is 33.4 Å². The van der Waals surface area contributed by atoms with Crippen LogP contribution in [0.4, 0.5) is 13.6 Å². The molecule has 0 aromatic heterocycles. The van der Waals surface area contributed by atoms with Crippen molar-refractivity contribution in [1.29, 1.82) is 0 Å². The number of carbonyl (C=O) groups is 3. The van der Waals surface area contributed by atoms with E-state index >= 15 is 0 Å². The van der Waals surface area contributed by atoms with Crippen LogP contribution in [0, 0.1) is 5.92 Å². The van der Waals surface area contributed by atoms with E-state index in [1.165, 1.54) is 0 Å². The highest BCUT2D eigenvalue weighted by molar-refractivity contribution is 5.85. The van der Waals surface area contributed by atoms with Gasteiger partial charge < -0.3 is 26.2 Å². The number of aliphatic hydroxyl groups is 1. The van der Waals surface area contributed by atoms with Crippen molar-refractivity contribution in [2.24, 2.45) is 5.92 Å². The number of amides is 3. The van der Waals surface area contributed by atoms with Gasteiger partial charge in [0.05, 0.1) is 12.6 Å². The van der Waals surface area contributed by atoms with Crippen LogP contribution >= 0.6 is 0 Å². The van der Waals surface area contributed by atoms with E-state index in [0.717, 1.165) is 0 Å². The molecule has 1 aliphatic rings. The maximum atomic E-state index is 12.2. The number of hydrogen-bond acceptors (Lipinski definition) is 4. The van der Waals surface area contributed by atoms with Crippen molar-refractivity contribution in [2.45, 2.75) is 44.2 Å². The lowest BCUT2D eigenvalue weighted by Crippen LogP contribution is -2.51. The fraction of sp³-hybridized carbons (Fsp3) is 0.769. The average Bonchev–Trinajstić information content (AvgIpc) is 2.87. The van der Waals surface area contributed by atoms with E-state index < -0.39 is 43.5 Å². The molecule has 3 atom stereocenters. The highest BCUT2D eigenvalue weighted by Crippen LogP contribution is 2.16. The van der Waals surface area contributed by atoms with Gasteiger partial charge in [-0.3, -0.25) is 9.59 Å². The minimum atomic E-state index is -2.66. The van der Waals surface area contributed by atoms with Gasteiger partial charge in [0, 0.05) is 18.9 Å². The highest BCUT2D eigenvalue weighted by atomic mass is 19.3. The number of alkyl halides is 2. The van der Waals surface area contributed by atoms with Crippen molar-refractivity contribution in [1.82, 2.24) is 16.0 Å². The Kier molecular flexibility index (Phi) is 7.66. The molecule has 0 aromatic rings. The van der Waals surface area contributed by atoms with Crippen molar-refractivity contribution in [3.05, 3.63) is 0 Å². The third-order valence-electron chi connectivity index (χ3n) is 3.59. The lowest BCUT2D eigenvalue weighted by Gasteiger charge is -2.22. The second-order valence-electron chi connectivity index (χ2n) is 5.37. The second-order valence-corrected chi connectivity index (χ2v) is 5.37. The Hall–Kier alpha value is -1.97. The standard InChI is InChI=1S/C13H21F2N3O5/c14-10(15)2-1-9(18-13(22)23)12(21)17-8(6-19)5-7-3-4-16-11(7)20/h7-10,18-19H,1-6H2,(H,16,20)(H,17,21)(H,22,23)/t7-,8-,9-/m0/s1. The summed E-state index contributed by atoms with van der Waals surface area (Å²) in [5.74, 6) is -1.32. The fourth-order valence-corrected chi connectivity index (χ4v) is 2.40. The Morgan fingerprint density at radius 3 is 2.48 bits per heavy atom. The van der Waals surface area contributed by atoms with Crippen LogP contribution in [0.15, 0.2) is 0 Å². The summed E-state index contributed by atoms with van der Waals surface area (Å²) in [5.41, 5.74) is 0. The van der Waals surface area contributed by atoms with Gasteiger partial charge in [-0.1, -0.05) is 0 Å². The molecular weight excluding hydrogens is 316 g/mol. The fourth-order valence-electron chi connectivity index (χ4n) is 2.40. The summed E-state index contributed by atoms with van der Waals surface area (Å²) < 4.78 is 24.5. The SMILES string of the molecule is O=C(O)N[C@@H](CCC(F)F)C(=O)N[C@H](CO)C[C@@H]1CCNC1=O. The van der Waals surface area contributed by atoms with Crippen molar-refractivity contribution >= 4 is 17.9 Å². The molecule has 1 aliphatic heterocycles. The maximum Gasteiger partial charge on any atom is 0.405 e. The van der Waals surface area contributed by atoms with Crippen LogP contribution in [-0.2, 0) is 9.59 Å². The van der Waals surface area contributed by atoms with Crippen LogP contribution in [0.2, 0.25) is 0 Å². The third-order valence-corrected chi connectivity index (χ3v) is 3.59. The van der Waals surface area contributed by atoms with Crippen molar-refractivity contribution in [3.8, 4) is 0 Å². The van der Waals surface area contributed by atoms with Gasteiger partial charge in [-0.15, -0.1) is 0 Å². The smallest absolute Gasteiger partial charge is 0.405 e. The summed E-state index contributed by atoms with van der Waals surface area (Å²) in [7, 11) is 0. The molecule has 0 aliphatic carbocycles. The molecule has 1 fully saturated rings. The first-order chi connectivity index (χ1) is 10.8. The number of rotatable bonds is 9. The Bertz CT molecular complexity index is 436. The van der Waals surface area contributed by atoms with E-state index in [-0.39, 0.29) is 24.7 Å². The molecule has 10 heteroatoms. The first-order valence-electron chi connectivity index (χ1n) is 7.30. The van der Waals surface area contributed by atoms with E-state index in [1.807, 2.05) is 5.32 Å². The first-order valence-corrected chi connectivity index (χ1v) is 7.30. The van der Waals surface area contributed by atoms with E-state index in [4.69, 9.17) is 5.11 Å². The zero-order valence-electron chi connectivity index (χ0n) is 12.4. The lowest BCUT2D eigenvalue weighted by molar-refractivity contribution is -0.126. The molecule has 1 saturated heterocycles. The van der Waals surface area contributed by atoms with Gasteiger partial charge in [-0.2, -0.15) is 0 Å². The van der Waals surface area contributed by atoms with Gasteiger partial charge in [-0.25, -0.2) is 13.6 Å². The molecule has 0 bridgehead atoms. The average molecular weight is 337 g/mol. The van der Waals surface area contributed by atoms with E-state index in [9.17, 15) is 28.3 Å². The summed E-state index contributed by atoms with van der Waals surface area (Å²) in [4.78, 5) is 34.2. The zero-order valence-corrected chi connectivity index (χ0v) is 12.4. The molecular formula is C13H21F2N3O5. The molecule has 23 heavy (non-hydrogen) atoms. The number of carboxylic acid groups (broad SMARTS) is 1. The molecule has 0 spiro atoms. The van der Waals surface area contributed by atoms with Crippen molar-refractivity contribution in [3.63, 3.8) is 0 Å². The largest absolute Gasteiger partial charge is 0.465 e. The summed E-state index contributed by atoms with van der Waals surface area (Å²) >= 11 is 0. The van der Waals surface area contributed by atoms with Crippen LogP contribution in [0.25, 0.3) is 0 Å². The Labute approximate surface area is 131 Å². The molecule has 0 radical (unpaired) electrons. The number of carbonyl (C=O) groups excluding carboxylic acids is 2. The number of halogens is 2. The summed E-state index contributed by atoms with van der Waals surface area (Å²) in [5, 5.41) is 24.9. The van der Waals surface area contributed by atoms with Crippen LogP contribution in [-0.4, -0.2) is 59.8 Å². The molecule has 5 N–H and O–H groups in total. The number of aliphatic hydroxyl groups excluding tert-OH is 1. The van der Waals surface area contributed by atoms with Gasteiger partial charge in [0.15, 0.2) is 0 Å². The highest BCUT2D eigenvalue weighted by Gasteiger charge is 2.29. The van der Waals surface area contributed by atoms with E-state index in [0.29, 0.717) is 13.0 Å². The van der Waals surface area contributed by atoms with Crippen molar-refractivity contribution in [2.75, 3.05) is 13.2 Å². The predicted molar refractivity (Wildman–Crippen MR) is 74.9 cm³/mol. The molecule has 0 saturated carbocycles. The normalized spacial score (nSPS) is 20.0. The zero-order chi connectivity index (χ0) is 17.4. The van der Waals surface area contributed by atoms with Gasteiger partial charge in [-0.05, 0) is 19.3 Å². The molecule has 1 heterocycles. The Morgan fingerprint density at radius 2 is 2.00 bits per heavy atom. The third kappa shape index (κ3) is 6.76. The number of hydrogen-bond donors (Lipinski definition) is 5. The number of nitrogens with one attached hydrogen (secondary N) is 3.